The summed E-state index contributed by atoms with van der Waals surface area (Å²) in [5.41, 5.74) is 2.89. The summed E-state index contributed by atoms with van der Waals surface area (Å²) in [6.45, 7) is 2.03. The highest BCUT2D eigenvalue weighted by Gasteiger charge is 2.15. The molecule has 3 rings (SSSR count). The van der Waals surface area contributed by atoms with Gasteiger partial charge >= 0.3 is 0 Å². The SMILES string of the molecule is Cc1cccc(CSCC(=O)Nc2ccc(S(=O)(=O)Nc3ncccn3)cc2)c1. The number of nitrogens with one attached hydrogen (secondary N) is 2. The van der Waals surface area contributed by atoms with Gasteiger partial charge in [0.1, 0.15) is 0 Å². The maximum atomic E-state index is 12.4. The standard InChI is InChI=1S/C20H20N4O3S2/c1-15-4-2-5-16(12-15)13-28-14-19(25)23-17-6-8-18(9-7-17)29(26,27)24-20-21-10-3-11-22-20/h2-12H,13-14H2,1H3,(H,23,25)(H,21,22,24). The second-order valence-electron chi connectivity index (χ2n) is 6.23. The average Bonchev–Trinajstić information content (AvgIpc) is 2.69. The van der Waals surface area contributed by atoms with Crippen molar-refractivity contribution in [2.75, 3.05) is 15.8 Å². The highest BCUT2D eigenvalue weighted by Crippen LogP contribution is 2.18. The molecule has 29 heavy (non-hydrogen) atoms. The number of sulfonamides is 1. The lowest BCUT2D eigenvalue weighted by atomic mass is 10.2. The van der Waals surface area contributed by atoms with Crippen LogP contribution in [-0.4, -0.2) is 30.0 Å². The molecule has 1 amide bonds. The largest absolute Gasteiger partial charge is 0.325 e. The summed E-state index contributed by atoms with van der Waals surface area (Å²) in [6.07, 6.45) is 2.89. The summed E-state index contributed by atoms with van der Waals surface area (Å²) >= 11 is 1.52. The van der Waals surface area contributed by atoms with Crippen LogP contribution in [0.1, 0.15) is 11.1 Å². The predicted molar refractivity (Wildman–Crippen MR) is 115 cm³/mol. The van der Waals surface area contributed by atoms with Gasteiger partial charge in [0, 0.05) is 23.8 Å². The third-order valence-corrected chi connectivity index (χ3v) is 6.17. The maximum absolute atomic E-state index is 12.4. The Kier molecular flexibility index (Phi) is 6.84. The fraction of sp³-hybridized carbons (Fsp3) is 0.150. The second kappa shape index (κ2) is 9.53. The number of benzene rings is 2. The van der Waals surface area contributed by atoms with E-state index in [1.165, 1.54) is 47.4 Å². The Hall–Kier alpha value is -2.91. The van der Waals surface area contributed by atoms with Crippen molar-refractivity contribution in [1.82, 2.24) is 9.97 Å². The summed E-state index contributed by atoms with van der Waals surface area (Å²) < 4.78 is 27.0. The van der Waals surface area contributed by atoms with Crippen LogP contribution < -0.4 is 10.0 Å². The third kappa shape index (κ3) is 6.30. The fourth-order valence-corrected chi connectivity index (χ4v) is 4.24. The molecule has 7 nitrogen and oxygen atoms in total. The van der Waals surface area contributed by atoms with Crippen LogP contribution in [0.25, 0.3) is 0 Å². The van der Waals surface area contributed by atoms with Gasteiger partial charge in [-0.3, -0.25) is 4.79 Å². The third-order valence-electron chi connectivity index (χ3n) is 3.82. The molecule has 0 aliphatic heterocycles. The number of thioether (sulfide) groups is 1. The quantitative estimate of drug-likeness (QED) is 0.570. The molecule has 0 aliphatic rings. The van der Waals surface area contributed by atoms with Gasteiger partial charge in [-0.15, -0.1) is 11.8 Å². The second-order valence-corrected chi connectivity index (χ2v) is 8.90. The van der Waals surface area contributed by atoms with Crippen LogP contribution in [0.2, 0.25) is 0 Å². The van der Waals surface area contributed by atoms with Crippen molar-refractivity contribution >= 4 is 39.3 Å². The first-order valence-electron chi connectivity index (χ1n) is 8.75. The van der Waals surface area contributed by atoms with Gasteiger partial charge in [0.05, 0.1) is 10.6 Å². The Morgan fingerprint density at radius 2 is 1.76 bits per heavy atom. The molecule has 9 heteroatoms. The molecule has 0 saturated heterocycles. The van der Waals surface area contributed by atoms with Crippen molar-refractivity contribution in [3.8, 4) is 0 Å². The summed E-state index contributed by atoms with van der Waals surface area (Å²) in [6, 6.07) is 15.7. The van der Waals surface area contributed by atoms with Crippen molar-refractivity contribution in [2.24, 2.45) is 0 Å². The first-order valence-corrected chi connectivity index (χ1v) is 11.4. The number of rotatable bonds is 8. The molecule has 150 valence electrons. The van der Waals surface area contributed by atoms with Gasteiger partial charge in [-0.2, -0.15) is 0 Å². The normalized spacial score (nSPS) is 11.1. The minimum atomic E-state index is -3.80. The average molecular weight is 429 g/mol. The lowest BCUT2D eigenvalue weighted by Gasteiger charge is -2.08. The molecule has 0 aliphatic carbocycles. The number of aromatic nitrogens is 2. The Balaban J connectivity index is 1.52. The molecule has 3 aromatic rings. The summed E-state index contributed by atoms with van der Waals surface area (Å²) in [5, 5.41) is 2.77. The van der Waals surface area contributed by atoms with E-state index in [2.05, 4.69) is 26.1 Å². The van der Waals surface area contributed by atoms with Crippen molar-refractivity contribution < 1.29 is 13.2 Å². The molecule has 0 saturated carbocycles. The van der Waals surface area contributed by atoms with E-state index in [1.807, 2.05) is 25.1 Å². The van der Waals surface area contributed by atoms with Gasteiger partial charge in [-0.05, 0) is 42.8 Å². The molecular formula is C20H20N4O3S2. The van der Waals surface area contributed by atoms with Gasteiger partial charge in [-0.1, -0.05) is 29.8 Å². The van der Waals surface area contributed by atoms with Crippen LogP contribution in [0.4, 0.5) is 11.6 Å². The Morgan fingerprint density at radius 1 is 1.03 bits per heavy atom. The Morgan fingerprint density at radius 3 is 2.45 bits per heavy atom. The molecule has 0 fully saturated rings. The van der Waals surface area contributed by atoms with Crippen molar-refractivity contribution in [3.63, 3.8) is 0 Å². The summed E-state index contributed by atoms with van der Waals surface area (Å²) in [5.74, 6) is 0.907. The molecule has 0 unspecified atom stereocenters. The van der Waals surface area contributed by atoms with Crippen molar-refractivity contribution in [1.29, 1.82) is 0 Å². The Labute approximate surface area is 174 Å². The van der Waals surface area contributed by atoms with Gasteiger partial charge in [-0.25, -0.2) is 23.1 Å². The van der Waals surface area contributed by atoms with E-state index in [-0.39, 0.29) is 16.8 Å². The lowest BCUT2D eigenvalue weighted by Crippen LogP contribution is -2.16. The highest BCUT2D eigenvalue weighted by molar-refractivity contribution is 7.99. The van der Waals surface area contributed by atoms with Crippen LogP contribution in [0, 0.1) is 6.92 Å². The number of hydrogen-bond acceptors (Lipinski definition) is 6. The smallest absolute Gasteiger partial charge is 0.264 e. The summed E-state index contributed by atoms with van der Waals surface area (Å²) in [4.78, 5) is 19.8. The monoisotopic (exact) mass is 428 g/mol. The first-order chi connectivity index (χ1) is 13.9. The van der Waals surface area contributed by atoms with Crippen LogP contribution in [0.5, 0.6) is 0 Å². The molecular weight excluding hydrogens is 408 g/mol. The molecule has 1 heterocycles. The number of aryl methyl sites for hydroxylation is 1. The minimum Gasteiger partial charge on any atom is -0.325 e. The van der Waals surface area contributed by atoms with E-state index in [1.54, 1.807) is 18.2 Å². The molecule has 1 aromatic heterocycles. The topological polar surface area (TPSA) is 101 Å². The zero-order valence-corrected chi connectivity index (χ0v) is 17.3. The number of amides is 1. The summed E-state index contributed by atoms with van der Waals surface area (Å²) in [7, 11) is -3.80. The predicted octanol–water partition coefficient (Wildman–Crippen LogP) is 3.46. The molecule has 0 spiro atoms. The van der Waals surface area contributed by atoms with E-state index in [9.17, 15) is 13.2 Å². The zero-order valence-electron chi connectivity index (χ0n) is 15.7. The molecule has 0 atom stereocenters. The van der Waals surface area contributed by atoms with Gasteiger partial charge in [0.25, 0.3) is 10.0 Å². The van der Waals surface area contributed by atoms with E-state index < -0.39 is 10.0 Å². The number of carbonyl (C=O) groups is 1. The molecule has 0 radical (unpaired) electrons. The van der Waals surface area contributed by atoms with Gasteiger partial charge in [0.2, 0.25) is 11.9 Å². The first kappa shape index (κ1) is 20.8. The van der Waals surface area contributed by atoms with Crippen LogP contribution >= 0.6 is 11.8 Å². The number of carbonyl (C=O) groups excluding carboxylic acids is 1. The van der Waals surface area contributed by atoms with E-state index in [0.717, 1.165) is 5.75 Å². The maximum Gasteiger partial charge on any atom is 0.264 e. The van der Waals surface area contributed by atoms with Gasteiger partial charge < -0.3 is 5.32 Å². The molecule has 2 aromatic carbocycles. The van der Waals surface area contributed by atoms with Crippen LogP contribution in [0.3, 0.4) is 0 Å². The van der Waals surface area contributed by atoms with E-state index in [0.29, 0.717) is 11.4 Å². The Bertz CT molecular complexity index is 1070. The number of nitrogens with zero attached hydrogens (tertiary/aromatic N) is 2. The van der Waals surface area contributed by atoms with Gasteiger partial charge in [0.15, 0.2) is 0 Å². The zero-order chi connectivity index (χ0) is 20.7. The minimum absolute atomic E-state index is 0.00415. The number of anilines is 2. The van der Waals surface area contributed by atoms with Crippen molar-refractivity contribution in [2.45, 2.75) is 17.6 Å². The van der Waals surface area contributed by atoms with Crippen molar-refractivity contribution in [3.05, 3.63) is 78.1 Å². The van der Waals surface area contributed by atoms with E-state index in [4.69, 9.17) is 0 Å². The lowest BCUT2D eigenvalue weighted by molar-refractivity contribution is -0.113. The number of hydrogen-bond donors (Lipinski definition) is 2. The van der Waals surface area contributed by atoms with Crippen LogP contribution in [0.15, 0.2) is 71.9 Å². The highest BCUT2D eigenvalue weighted by atomic mass is 32.2. The van der Waals surface area contributed by atoms with E-state index >= 15 is 0 Å². The molecule has 0 bridgehead atoms. The van der Waals surface area contributed by atoms with Crippen LogP contribution in [-0.2, 0) is 20.6 Å². The molecule has 2 N–H and O–H groups in total. The fourth-order valence-electron chi connectivity index (χ4n) is 2.51.